The molecule has 0 bridgehead atoms. The van der Waals surface area contributed by atoms with Crippen LogP contribution in [-0.2, 0) is 16.0 Å². The zero-order valence-electron chi connectivity index (χ0n) is 11.6. The van der Waals surface area contributed by atoms with E-state index in [4.69, 9.17) is 4.74 Å². The Balaban J connectivity index is 1.98. The average molecular weight is 317 g/mol. The molecule has 10 heteroatoms. The maximum atomic E-state index is 11.2. The van der Waals surface area contributed by atoms with E-state index >= 15 is 0 Å². The lowest BCUT2D eigenvalue weighted by Gasteiger charge is -2.42. The third-order valence-corrected chi connectivity index (χ3v) is 3.56. The van der Waals surface area contributed by atoms with Crippen molar-refractivity contribution < 1.29 is 35.1 Å². The second-order valence-electron chi connectivity index (χ2n) is 5.21. The fraction of sp³-hybridized carbons (Fsp3) is 0.667. The molecule has 1 unspecified atom stereocenters. The van der Waals surface area contributed by atoms with Gasteiger partial charge in [-0.3, -0.25) is 10.1 Å². The molecular weight excluding hydrogens is 298 g/mol. The number of carboxylic acid groups (broad SMARTS) is 1. The Labute approximate surface area is 125 Å². The molecule has 1 fully saturated rings. The van der Waals surface area contributed by atoms with Gasteiger partial charge in [-0.1, -0.05) is 0 Å². The summed E-state index contributed by atoms with van der Waals surface area (Å²) in [6.45, 7) is -0.822. The van der Waals surface area contributed by atoms with Crippen LogP contribution in [0.4, 0.5) is 0 Å². The molecule has 124 valence electrons. The van der Waals surface area contributed by atoms with E-state index in [2.05, 4.69) is 15.3 Å². The lowest BCUT2D eigenvalue weighted by Crippen LogP contribution is -2.65. The van der Waals surface area contributed by atoms with Crippen molar-refractivity contribution in [2.75, 3.05) is 13.2 Å². The summed E-state index contributed by atoms with van der Waals surface area (Å²) in [5, 5.41) is 50.6. The van der Waals surface area contributed by atoms with Gasteiger partial charge in [0.15, 0.2) is 0 Å². The van der Waals surface area contributed by atoms with E-state index in [1.807, 2.05) is 0 Å². The largest absolute Gasteiger partial charge is 0.480 e. The SMILES string of the molecule is O=C(O)[C@H](Cc1cnc[nH]1)NCC1(O)OC[C@@H](O)[C@@H](O)[C@@H]1O. The van der Waals surface area contributed by atoms with Crippen LogP contribution in [0.5, 0.6) is 0 Å². The van der Waals surface area contributed by atoms with Crippen LogP contribution in [0.1, 0.15) is 5.69 Å². The van der Waals surface area contributed by atoms with Gasteiger partial charge in [-0.2, -0.15) is 0 Å². The monoisotopic (exact) mass is 317 g/mol. The van der Waals surface area contributed by atoms with Gasteiger partial charge in [-0.15, -0.1) is 0 Å². The smallest absolute Gasteiger partial charge is 0.321 e. The Hall–Kier alpha value is -1.56. The highest BCUT2D eigenvalue weighted by Crippen LogP contribution is 2.23. The predicted octanol–water partition coefficient (Wildman–Crippen LogP) is -3.20. The molecular formula is C12H19N3O7. The molecule has 1 aliphatic rings. The minimum Gasteiger partial charge on any atom is -0.480 e. The quantitative estimate of drug-likeness (QED) is 0.285. The van der Waals surface area contributed by atoms with Crippen molar-refractivity contribution in [2.24, 2.45) is 0 Å². The maximum Gasteiger partial charge on any atom is 0.321 e. The highest BCUT2D eigenvalue weighted by molar-refractivity contribution is 5.73. The summed E-state index contributed by atoms with van der Waals surface area (Å²) in [7, 11) is 0. The van der Waals surface area contributed by atoms with Gasteiger partial charge in [0, 0.05) is 18.3 Å². The molecule has 2 rings (SSSR count). The van der Waals surface area contributed by atoms with Crippen LogP contribution >= 0.6 is 0 Å². The molecule has 22 heavy (non-hydrogen) atoms. The zero-order chi connectivity index (χ0) is 16.3. The van der Waals surface area contributed by atoms with E-state index in [-0.39, 0.29) is 13.0 Å². The summed E-state index contributed by atoms with van der Waals surface area (Å²) in [6.07, 6.45) is -1.73. The Bertz CT molecular complexity index is 497. The van der Waals surface area contributed by atoms with Crippen molar-refractivity contribution in [1.82, 2.24) is 15.3 Å². The Morgan fingerprint density at radius 3 is 2.86 bits per heavy atom. The van der Waals surface area contributed by atoms with Gasteiger partial charge in [0.05, 0.1) is 19.5 Å². The van der Waals surface area contributed by atoms with E-state index in [1.165, 1.54) is 12.5 Å². The molecule has 5 atom stereocenters. The minimum absolute atomic E-state index is 0.0761. The summed E-state index contributed by atoms with van der Waals surface area (Å²) in [5.74, 6) is -3.36. The van der Waals surface area contributed by atoms with Crippen molar-refractivity contribution in [1.29, 1.82) is 0 Å². The first kappa shape index (κ1) is 16.8. The molecule has 1 aliphatic heterocycles. The first-order valence-electron chi connectivity index (χ1n) is 6.67. The highest BCUT2D eigenvalue weighted by Gasteiger charge is 2.48. The number of aliphatic carboxylic acids is 1. The molecule has 10 nitrogen and oxygen atoms in total. The normalized spacial score (nSPS) is 33.5. The van der Waals surface area contributed by atoms with E-state index < -0.39 is 42.7 Å². The molecule has 0 spiro atoms. The number of hydrogen-bond donors (Lipinski definition) is 7. The van der Waals surface area contributed by atoms with Crippen LogP contribution in [0.15, 0.2) is 12.5 Å². The zero-order valence-corrected chi connectivity index (χ0v) is 11.6. The number of carbonyl (C=O) groups is 1. The molecule has 1 aromatic rings. The van der Waals surface area contributed by atoms with Gasteiger partial charge in [0.25, 0.3) is 0 Å². The van der Waals surface area contributed by atoms with Crippen LogP contribution in [0.2, 0.25) is 0 Å². The summed E-state index contributed by atoms with van der Waals surface area (Å²) in [4.78, 5) is 17.8. The number of aromatic nitrogens is 2. The standard InChI is InChI=1S/C12H19N3O7/c16-8-3-22-12(21,10(18)9(8)17)4-14-7(11(19)20)1-6-2-13-5-15-6/h2,5,7-10,14,16-18,21H,1,3-4H2,(H,13,15)(H,19,20)/t7-,8+,9+,10-,12?/m0/s1. The average Bonchev–Trinajstić information content (AvgIpc) is 2.98. The Morgan fingerprint density at radius 2 is 2.27 bits per heavy atom. The van der Waals surface area contributed by atoms with Gasteiger partial charge in [-0.05, 0) is 0 Å². The lowest BCUT2D eigenvalue weighted by molar-refractivity contribution is -0.318. The second kappa shape index (κ2) is 6.69. The number of aliphatic hydroxyl groups excluding tert-OH is 3. The van der Waals surface area contributed by atoms with Crippen LogP contribution < -0.4 is 5.32 Å². The van der Waals surface area contributed by atoms with Crippen LogP contribution in [-0.4, -0.2) is 84.8 Å². The molecule has 0 aliphatic carbocycles. The van der Waals surface area contributed by atoms with E-state index in [1.54, 1.807) is 0 Å². The second-order valence-corrected chi connectivity index (χ2v) is 5.21. The number of H-pyrrole nitrogens is 1. The number of carboxylic acids is 1. The minimum atomic E-state index is -2.19. The molecule has 7 N–H and O–H groups in total. The van der Waals surface area contributed by atoms with E-state index in [9.17, 15) is 30.3 Å². The molecule has 0 saturated carbocycles. The van der Waals surface area contributed by atoms with Gasteiger partial charge in [0.2, 0.25) is 5.79 Å². The van der Waals surface area contributed by atoms with Crippen molar-refractivity contribution in [3.63, 3.8) is 0 Å². The van der Waals surface area contributed by atoms with Crippen molar-refractivity contribution in [3.8, 4) is 0 Å². The Kier molecular flexibility index (Phi) is 5.11. The number of nitrogens with one attached hydrogen (secondary N) is 2. The first-order valence-corrected chi connectivity index (χ1v) is 6.67. The van der Waals surface area contributed by atoms with Crippen LogP contribution in [0.25, 0.3) is 0 Å². The molecule has 1 saturated heterocycles. The number of rotatable bonds is 6. The number of imidazole rings is 1. The van der Waals surface area contributed by atoms with Gasteiger partial charge >= 0.3 is 5.97 Å². The van der Waals surface area contributed by atoms with Gasteiger partial charge in [-0.25, -0.2) is 4.98 Å². The summed E-state index contributed by atoms with van der Waals surface area (Å²) in [5.41, 5.74) is 0.576. The van der Waals surface area contributed by atoms with Crippen LogP contribution in [0.3, 0.4) is 0 Å². The predicted molar refractivity (Wildman–Crippen MR) is 70.6 cm³/mol. The van der Waals surface area contributed by atoms with Gasteiger partial charge in [0.1, 0.15) is 24.4 Å². The van der Waals surface area contributed by atoms with Gasteiger partial charge < -0.3 is 35.3 Å². The third-order valence-electron chi connectivity index (χ3n) is 3.56. The summed E-state index contributed by atoms with van der Waals surface area (Å²) >= 11 is 0. The molecule has 0 radical (unpaired) electrons. The number of aliphatic hydroxyl groups is 4. The maximum absolute atomic E-state index is 11.2. The van der Waals surface area contributed by atoms with Crippen molar-refractivity contribution >= 4 is 5.97 Å². The number of ether oxygens (including phenoxy) is 1. The fourth-order valence-corrected chi connectivity index (χ4v) is 2.18. The first-order chi connectivity index (χ1) is 10.3. The van der Waals surface area contributed by atoms with Crippen molar-refractivity contribution in [3.05, 3.63) is 18.2 Å². The summed E-state index contributed by atoms with van der Waals surface area (Å²) in [6, 6.07) is -1.07. The topological polar surface area (TPSA) is 168 Å². The third kappa shape index (κ3) is 3.61. The Morgan fingerprint density at radius 1 is 1.55 bits per heavy atom. The lowest BCUT2D eigenvalue weighted by atomic mass is 9.96. The van der Waals surface area contributed by atoms with Crippen LogP contribution in [0, 0.1) is 0 Å². The molecule has 1 aromatic heterocycles. The molecule has 2 heterocycles. The number of nitrogens with zero attached hydrogens (tertiary/aromatic N) is 1. The van der Waals surface area contributed by atoms with Crippen molar-refractivity contribution in [2.45, 2.75) is 36.6 Å². The summed E-state index contributed by atoms with van der Waals surface area (Å²) < 4.78 is 4.95. The molecule has 0 amide bonds. The molecule has 0 aromatic carbocycles. The number of aromatic amines is 1. The fourth-order valence-electron chi connectivity index (χ4n) is 2.18. The number of hydrogen-bond acceptors (Lipinski definition) is 8. The van der Waals surface area contributed by atoms with E-state index in [0.717, 1.165) is 0 Å². The highest BCUT2D eigenvalue weighted by atomic mass is 16.6. The van der Waals surface area contributed by atoms with E-state index in [0.29, 0.717) is 5.69 Å².